The van der Waals surface area contributed by atoms with Gasteiger partial charge in [-0.3, -0.25) is 0 Å². The maximum absolute atomic E-state index is 13.4. The highest BCUT2D eigenvalue weighted by Crippen LogP contribution is 2.38. The van der Waals surface area contributed by atoms with Crippen LogP contribution in [-0.4, -0.2) is 31.9 Å². The average Bonchev–Trinajstić information content (AvgIpc) is 2.70. The van der Waals surface area contributed by atoms with E-state index >= 15 is 0 Å². The number of benzene rings is 1. The highest BCUT2D eigenvalue weighted by atomic mass is 32.2. The summed E-state index contributed by atoms with van der Waals surface area (Å²) in [6.45, 7) is 0. The van der Waals surface area contributed by atoms with E-state index in [0.717, 1.165) is 18.9 Å². The van der Waals surface area contributed by atoms with Gasteiger partial charge in [0.15, 0.2) is 0 Å². The van der Waals surface area contributed by atoms with E-state index in [1.165, 1.54) is 23.5 Å². The Morgan fingerprint density at radius 1 is 1.35 bits per heavy atom. The minimum atomic E-state index is -3.75. The van der Waals surface area contributed by atoms with E-state index in [1.54, 1.807) is 0 Å². The molecule has 0 saturated carbocycles. The number of hydrogen-bond donors (Lipinski definition) is 0. The molecule has 1 saturated heterocycles. The lowest BCUT2D eigenvalue weighted by atomic mass is 10.2. The minimum Gasteiger partial charge on any atom is -0.495 e. The molecule has 3 rings (SSSR count). The van der Waals surface area contributed by atoms with Gasteiger partial charge in [0.05, 0.1) is 7.11 Å². The van der Waals surface area contributed by atoms with Crippen LogP contribution in [0.3, 0.4) is 0 Å². The summed E-state index contributed by atoms with van der Waals surface area (Å²) in [5.74, 6) is -0.398. The van der Waals surface area contributed by atoms with E-state index in [1.807, 2.05) is 12.2 Å². The molecule has 1 aromatic rings. The SMILES string of the molecule is COc1ccc(F)cc1S(=O)(=O)N1[C@H]2CC=C[C@H]1CC2. The first kappa shape index (κ1) is 13.6. The summed E-state index contributed by atoms with van der Waals surface area (Å²) in [5, 5.41) is 0. The third-order valence-electron chi connectivity index (χ3n) is 3.93. The van der Waals surface area contributed by atoms with E-state index in [4.69, 9.17) is 4.74 Å². The first-order chi connectivity index (χ1) is 9.54. The third-order valence-corrected chi connectivity index (χ3v) is 5.93. The van der Waals surface area contributed by atoms with E-state index in [0.29, 0.717) is 6.42 Å². The van der Waals surface area contributed by atoms with Crippen LogP contribution in [0, 0.1) is 5.82 Å². The Bertz CT molecular complexity index is 656. The van der Waals surface area contributed by atoms with Crippen LogP contribution in [0.15, 0.2) is 35.2 Å². The van der Waals surface area contributed by atoms with Gasteiger partial charge in [0.25, 0.3) is 0 Å². The summed E-state index contributed by atoms with van der Waals surface area (Å²) in [5.41, 5.74) is 0. The van der Waals surface area contributed by atoms with Crippen molar-refractivity contribution in [2.75, 3.05) is 7.11 Å². The molecular weight excluding hydrogens is 281 g/mol. The van der Waals surface area contributed by atoms with Crippen molar-refractivity contribution in [1.29, 1.82) is 0 Å². The molecule has 108 valence electrons. The topological polar surface area (TPSA) is 46.6 Å². The zero-order valence-electron chi connectivity index (χ0n) is 11.1. The van der Waals surface area contributed by atoms with Gasteiger partial charge < -0.3 is 4.74 Å². The Labute approximate surface area is 117 Å². The number of fused-ring (bicyclic) bond motifs is 2. The van der Waals surface area contributed by atoms with Crippen LogP contribution in [0.2, 0.25) is 0 Å². The molecule has 0 N–H and O–H groups in total. The van der Waals surface area contributed by atoms with Crippen molar-refractivity contribution in [3.8, 4) is 5.75 Å². The Balaban J connectivity index is 2.09. The number of rotatable bonds is 3. The molecule has 2 bridgehead atoms. The molecule has 0 aliphatic carbocycles. The van der Waals surface area contributed by atoms with E-state index in [9.17, 15) is 12.8 Å². The second-order valence-electron chi connectivity index (χ2n) is 5.09. The summed E-state index contributed by atoms with van der Waals surface area (Å²) in [4.78, 5) is -0.0906. The van der Waals surface area contributed by atoms with Crippen LogP contribution >= 0.6 is 0 Å². The van der Waals surface area contributed by atoms with Crippen LogP contribution in [-0.2, 0) is 10.0 Å². The highest BCUT2D eigenvalue weighted by Gasteiger charge is 2.43. The lowest BCUT2D eigenvalue weighted by molar-refractivity contribution is 0.336. The number of sulfonamides is 1. The van der Waals surface area contributed by atoms with Crippen molar-refractivity contribution in [3.05, 3.63) is 36.2 Å². The molecule has 2 atom stereocenters. The van der Waals surface area contributed by atoms with Gasteiger partial charge in [-0.1, -0.05) is 12.2 Å². The van der Waals surface area contributed by atoms with Crippen molar-refractivity contribution < 1.29 is 17.5 Å². The molecule has 0 radical (unpaired) electrons. The lowest BCUT2D eigenvalue weighted by Crippen LogP contribution is -2.42. The van der Waals surface area contributed by atoms with Crippen LogP contribution in [0.25, 0.3) is 0 Å². The molecule has 20 heavy (non-hydrogen) atoms. The largest absolute Gasteiger partial charge is 0.495 e. The number of halogens is 1. The normalized spacial score (nSPS) is 25.9. The Hall–Kier alpha value is -1.40. The molecule has 0 amide bonds. The summed E-state index contributed by atoms with van der Waals surface area (Å²) in [6, 6.07) is 3.44. The summed E-state index contributed by atoms with van der Waals surface area (Å²) in [7, 11) is -2.36. The Kier molecular flexibility index (Phi) is 3.30. The number of nitrogens with zero attached hydrogens (tertiary/aromatic N) is 1. The molecule has 4 nitrogen and oxygen atoms in total. The van der Waals surface area contributed by atoms with E-state index in [2.05, 4.69) is 0 Å². The molecule has 2 aliphatic heterocycles. The molecule has 2 aliphatic rings. The minimum absolute atomic E-state index is 0.0250. The maximum Gasteiger partial charge on any atom is 0.247 e. The second kappa shape index (κ2) is 4.86. The zero-order valence-corrected chi connectivity index (χ0v) is 11.9. The van der Waals surface area contributed by atoms with Crippen molar-refractivity contribution in [1.82, 2.24) is 4.31 Å². The quantitative estimate of drug-likeness (QED) is 0.804. The molecule has 1 aromatic carbocycles. The van der Waals surface area contributed by atoms with E-state index in [-0.39, 0.29) is 22.7 Å². The maximum atomic E-state index is 13.4. The number of hydrogen-bond acceptors (Lipinski definition) is 3. The molecule has 0 aromatic heterocycles. The lowest BCUT2D eigenvalue weighted by Gasteiger charge is -2.30. The van der Waals surface area contributed by atoms with Crippen molar-refractivity contribution in [2.24, 2.45) is 0 Å². The molecule has 0 spiro atoms. The van der Waals surface area contributed by atoms with Crippen molar-refractivity contribution in [3.63, 3.8) is 0 Å². The summed E-state index contributed by atoms with van der Waals surface area (Å²) < 4.78 is 45.7. The predicted octanol–water partition coefficient (Wildman–Crippen LogP) is 2.32. The molecule has 0 unspecified atom stereocenters. The van der Waals surface area contributed by atoms with Gasteiger partial charge >= 0.3 is 0 Å². The van der Waals surface area contributed by atoms with Gasteiger partial charge in [-0.15, -0.1) is 0 Å². The van der Waals surface area contributed by atoms with Gasteiger partial charge in [0.1, 0.15) is 16.5 Å². The van der Waals surface area contributed by atoms with Gasteiger partial charge in [0.2, 0.25) is 10.0 Å². The molecule has 1 fully saturated rings. The van der Waals surface area contributed by atoms with Crippen molar-refractivity contribution >= 4 is 10.0 Å². The monoisotopic (exact) mass is 297 g/mol. The standard InChI is InChI=1S/C14H16FNO3S/c1-19-13-8-5-10(15)9-14(13)20(17,18)16-11-3-2-4-12(16)7-6-11/h2-3,5,8-9,11-12H,4,6-7H2,1H3/t11-,12-/m0/s1. The molecule has 6 heteroatoms. The fourth-order valence-electron chi connectivity index (χ4n) is 3.02. The Morgan fingerprint density at radius 2 is 2.15 bits per heavy atom. The molecular formula is C14H16FNO3S. The summed E-state index contributed by atoms with van der Waals surface area (Å²) in [6.07, 6.45) is 6.32. The Morgan fingerprint density at radius 3 is 2.85 bits per heavy atom. The van der Waals surface area contributed by atoms with Crippen molar-refractivity contribution in [2.45, 2.75) is 36.2 Å². The highest BCUT2D eigenvalue weighted by molar-refractivity contribution is 7.89. The van der Waals surface area contributed by atoms with E-state index < -0.39 is 15.8 Å². The second-order valence-corrected chi connectivity index (χ2v) is 6.90. The van der Waals surface area contributed by atoms with Crippen LogP contribution in [0.4, 0.5) is 4.39 Å². The first-order valence-corrected chi connectivity index (χ1v) is 8.02. The smallest absolute Gasteiger partial charge is 0.247 e. The fraction of sp³-hybridized carbons (Fsp3) is 0.429. The van der Waals surface area contributed by atoms with Gasteiger partial charge in [0, 0.05) is 12.1 Å². The van der Waals surface area contributed by atoms with Gasteiger partial charge in [-0.05, 0) is 37.5 Å². The van der Waals surface area contributed by atoms with Gasteiger partial charge in [-0.2, -0.15) is 4.31 Å². The zero-order chi connectivity index (χ0) is 14.3. The fourth-order valence-corrected chi connectivity index (χ4v) is 5.03. The first-order valence-electron chi connectivity index (χ1n) is 6.58. The number of ether oxygens (including phenoxy) is 1. The summed E-state index contributed by atoms with van der Waals surface area (Å²) >= 11 is 0. The number of methoxy groups -OCH3 is 1. The predicted molar refractivity (Wildman–Crippen MR) is 72.5 cm³/mol. The molecule has 2 heterocycles. The van der Waals surface area contributed by atoms with Gasteiger partial charge in [-0.25, -0.2) is 12.8 Å². The average molecular weight is 297 g/mol. The van der Waals surface area contributed by atoms with Crippen LogP contribution < -0.4 is 4.74 Å². The van der Waals surface area contributed by atoms with Crippen LogP contribution in [0.5, 0.6) is 5.75 Å². The third kappa shape index (κ3) is 2.03. The van der Waals surface area contributed by atoms with Crippen LogP contribution in [0.1, 0.15) is 19.3 Å².